The van der Waals surface area contributed by atoms with Gasteiger partial charge >= 0.3 is 0 Å². The molecule has 0 aliphatic carbocycles. The second-order valence-corrected chi connectivity index (χ2v) is 3.47. The molecule has 15 heavy (non-hydrogen) atoms. The van der Waals surface area contributed by atoms with Crippen LogP contribution in [0.3, 0.4) is 0 Å². The lowest BCUT2D eigenvalue weighted by atomic mass is 10.2. The summed E-state index contributed by atoms with van der Waals surface area (Å²) in [5.74, 6) is 0.168. The molecular weight excluding hydrogens is 196 g/mol. The summed E-state index contributed by atoms with van der Waals surface area (Å²) < 4.78 is 10.0. The van der Waals surface area contributed by atoms with E-state index in [1.54, 1.807) is 6.26 Å². The van der Waals surface area contributed by atoms with Crippen molar-refractivity contribution in [3.8, 4) is 0 Å². The van der Waals surface area contributed by atoms with E-state index in [0.717, 1.165) is 5.69 Å². The summed E-state index contributed by atoms with van der Waals surface area (Å²) in [5.41, 5.74) is 0.830. The number of nitrogens with zero attached hydrogens (tertiary/aromatic N) is 2. The maximum atomic E-state index is 11.7. The maximum absolute atomic E-state index is 11.7. The van der Waals surface area contributed by atoms with Crippen LogP contribution in [-0.2, 0) is 16.0 Å². The number of hydrogen-bond acceptors (Lipinski definition) is 4. The fourth-order valence-electron chi connectivity index (χ4n) is 1.57. The molecule has 0 bridgehead atoms. The van der Waals surface area contributed by atoms with Crippen molar-refractivity contribution in [2.75, 3.05) is 26.3 Å². The molecule has 1 aromatic rings. The predicted molar refractivity (Wildman–Crippen MR) is 52.2 cm³/mol. The van der Waals surface area contributed by atoms with E-state index >= 15 is 0 Å². The summed E-state index contributed by atoms with van der Waals surface area (Å²) >= 11 is 0. The topological polar surface area (TPSA) is 55.6 Å². The van der Waals surface area contributed by atoms with Crippen LogP contribution in [0.15, 0.2) is 17.1 Å². The number of rotatable bonds is 3. The molecule has 1 aliphatic heterocycles. The Hall–Kier alpha value is -1.36. The Kier molecular flexibility index (Phi) is 3.34. The molecule has 82 valence electrons. The van der Waals surface area contributed by atoms with Crippen LogP contribution < -0.4 is 0 Å². The monoisotopic (exact) mass is 210 g/mol. The molecule has 1 aliphatic rings. The molecule has 1 fully saturated rings. The van der Waals surface area contributed by atoms with Crippen LogP contribution in [0.1, 0.15) is 12.1 Å². The van der Waals surface area contributed by atoms with Crippen LogP contribution in [0.4, 0.5) is 0 Å². The molecule has 2 rings (SSSR count). The lowest BCUT2D eigenvalue weighted by Crippen LogP contribution is -2.40. The van der Waals surface area contributed by atoms with Crippen LogP contribution in [0.25, 0.3) is 0 Å². The first-order valence-electron chi connectivity index (χ1n) is 5.09. The lowest BCUT2D eigenvalue weighted by Gasteiger charge is -2.26. The van der Waals surface area contributed by atoms with Crippen molar-refractivity contribution in [1.29, 1.82) is 0 Å². The molecule has 0 saturated carbocycles. The van der Waals surface area contributed by atoms with Crippen molar-refractivity contribution in [1.82, 2.24) is 9.88 Å². The molecule has 0 aromatic carbocycles. The third-order valence-electron chi connectivity index (χ3n) is 2.44. The van der Waals surface area contributed by atoms with E-state index in [0.29, 0.717) is 39.1 Å². The number of carbonyl (C=O) groups excluding carboxylic acids is 1. The molecule has 0 radical (unpaired) electrons. The van der Waals surface area contributed by atoms with Gasteiger partial charge in [-0.25, -0.2) is 4.98 Å². The first-order chi connectivity index (χ1) is 7.36. The molecule has 5 heteroatoms. The summed E-state index contributed by atoms with van der Waals surface area (Å²) in [6, 6.07) is 0. The Balaban J connectivity index is 1.76. The van der Waals surface area contributed by atoms with Crippen molar-refractivity contribution >= 4 is 5.91 Å². The van der Waals surface area contributed by atoms with Gasteiger partial charge < -0.3 is 14.1 Å². The largest absolute Gasteiger partial charge is 0.451 e. The standard InChI is InChI=1S/C10H14N2O3/c13-10(12-3-5-14-6-4-12)2-1-9-7-15-8-11-9/h7-8H,1-6H2. The number of ether oxygens (including phenoxy) is 1. The Morgan fingerprint density at radius 2 is 2.27 bits per heavy atom. The van der Waals surface area contributed by atoms with Crippen molar-refractivity contribution in [3.05, 3.63) is 18.4 Å². The maximum Gasteiger partial charge on any atom is 0.223 e. The van der Waals surface area contributed by atoms with Crippen LogP contribution in [0, 0.1) is 0 Å². The van der Waals surface area contributed by atoms with Crippen molar-refractivity contribution in [3.63, 3.8) is 0 Å². The van der Waals surface area contributed by atoms with Crippen LogP contribution >= 0.6 is 0 Å². The third-order valence-corrected chi connectivity index (χ3v) is 2.44. The molecule has 0 spiro atoms. The van der Waals surface area contributed by atoms with Crippen LogP contribution in [-0.4, -0.2) is 42.1 Å². The van der Waals surface area contributed by atoms with E-state index in [9.17, 15) is 4.79 Å². The molecule has 0 N–H and O–H groups in total. The van der Waals surface area contributed by atoms with Crippen molar-refractivity contribution < 1.29 is 13.9 Å². The fourth-order valence-corrected chi connectivity index (χ4v) is 1.57. The highest BCUT2D eigenvalue weighted by atomic mass is 16.5. The van der Waals surface area contributed by atoms with Gasteiger partial charge in [-0.3, -0.25) is 4.79 Å². The van der Waals surface area contributed by atoms with Crippen molar-refractivity contribution in [2.24, 2.45) is 0 Å². The summed E-state index contributed by atoms with van der Waals surface area (Å²) in [4.78, 5) is 17.5. The lowest BCUT2D eigenvalue weighted by molar-refractivity contribution is -0.135. The molecule has 2 heterocycles. The van der Waals surface area contributed by atoms with Gasteiger partial charge in [0.15, 0.2) is 6.39 Å². The van der Waals surface area contributed by atoms with E-state index in [-0.39, 0.29) is 5.91 Å². The van der Waals surface area contributed by atoms with Gasteiger partial charge in [-0.1, -0.05) is 0 Å². The van der Waals surface area contributed by atoms with E-state index in [1.807, 2.05) is 4.90 Å². The SMILES string of the molecule is O=C(CCc1cocn1)N1CCOCC1. The number of hydrogen-bond donors (Lipinski definition) is 0. The summed E-state index contributed by atoms with van der Waals surface area (Å²) in [6.07, 6.45) is 4.10. The minimum atomic E-state index is 0.168. The number of aromatic nitrogens is 1. The molecule has 1 amide bonds. The van der Waals surface area contributed by atoms with Crippen LogP contribution in [0.2, 0.25) is 0 Å². The van der Waals surface area contributed by atoms with Gasteiger partial charge in [-0.05, 0) is 0 Å². The highest BCUT2D eigenvalue weighted by Gasteiger charge is 2.16. The second kappa shape index (κ2) is 4.93. The summed E-state index contributed by atoms with van der Waals surface area (Å²) in [5, 5.41) is 0. The van der Waals surface area contributed by atoms with Crippen molar-refractivity contribution in [2.45, 2.75) is 12.8 Å². The average molecular weight is 210 g/mol. The quantitative estimate of drug-likeness (QED) is 0.727. The number of carbonyl (C=O) groups is 1. The van der Waals surface area contributed by atoms with Gasteiger partial charge in [0.1, 0.15) is 6.26 Å². The smallest absolute Gasteiger partial charge is 0.223 e. The first kappa shape index (κ1) is 10.2. The normalized spacial score (nSPS) is 16.7. The average Bonchev–Trinajstić information content (AvgIpc) is 2.80. The fraction of sp³-hybridized carbons (Fsp3) is 0.600. The number of amides is 1. The molecular formula is C10H14N2O3. The minimum absolute atomic E-state index is 0.168. The minimum Gasteiger partial charge on any atom is -0.451 e. The number of aryl methyl sites for hydroxylation is 1. The molecule has 0 unspecified atom stereocenters. The Morgan fingerprint density at radius 3 is 2.93 bits per heavy atom. The van der Waals surface area contributed by atoms with Gasteiger partial charge in [0.25, 0.3) is 0 Å². The van der Waals surface area contributed by atoms with E-state index in [2.05, 4.69) is 4.98 Å². The Bertz CT molecular complexity index is 304. The highest BCUT2D eigenvalue weighted by Crippen LogP contribution is 2.04. The number of morpholine rings is 1. The van der Waals surface area contributed by atoms with Gasteiger partial charge in [-0.2, -0.15) is 0 Å². The zero-order valence-electron chi connectivity index (χ0n) is 8.52. The Morgan fingerprint density at radius 1 is 1.47 bits per heavy atom. The first-order valence-corrected chi connectivity index (χ1v) is 5.09. The van der Waals surface area contributed by atoms with E-state index < -0.39 is 0 Å². The second-order valence-electron chi connectivity index (χ2n) is 3.47. The Labute approximate surface area is 88.0 Å². The molecule has 1 saturated heterocycles. The third kappa shape index (κ3) is 2.79. The zero-order valence-corrected chi connectivity index (χ0v) is 8.52. The van der Waals surface area contributed by atoms with Gasteiger partial charge in [0.05, 0.1) is 18.9 Å². The molecule has 1 aromatic heterocycles. The predicted octanol–water partition coefficient (Wildman–Crippen LogP) is 0.466. The molecule has 0 atom stereocenters. The van der Waals surface area contributed by atoms with Gasteiger partial charge in [0, 0.05) is 25.9 Å². The van der Waals surface area contributed by atoms with Gasteiger partial charge in [-0.15, -0.1) is 0 Å². The molecule has 5 nitrogen and oxygen atoms in total. The summed E-state index contributed by atoms with van der Waals surface area (Å²) in [7, 11) is 0. The summed E-state index contributed by atoms with van der Waals surface area (Å²) in [6.45, 7) is 2.71. The van der Waals surface area contributed by atoms with E-state index in [1.165, 1.54) is 6.39 Å². The van der Waals surface area contributed by atoms with E-state index in [4.69, 9.17) is 9.15 Å². The van der Waals surface area contributed by atoms with Crippen LogP contribution in [0.5, 0.6) is 0 Å². The highest BCUT2D eigenvalue weighted by molar-refractivity contribution is 5.76. The zero-order chi connectivity index (χ0) is 10.5. The van der Waals surface area contributed by atoms with Gasteiger partial charge in [0.2, 0.25) is 5.91 Å². The number of oxazole rings is 1.